The number of benzene rings is 1. The van der Waals surface area contributed by atoms with Gasteiger partial charge in [0.15, 0.2) is 0 Å². The van der Waals surface area contributed by atoms with E-state index in [1.807, 2.05) is 54.3 Å². The van der Waals surface area contributed by atoms with Gasteiger partial charge in [0.25, 0.3) is 5.91 Å². The zero-order valence-electron chi connectivity index (χ0n) is 16.0. The van der Waals surface area contributed by atoms with E-state index in [9.17, 15) is 4.79 Å². The van der Waals surface area contributed by atoms with Crippen LogP contribution in [0.25, 0.3) is 0 Å². The molecule has 1 fully saturated rings. The average Bonchev–Trinajstić information content (AvgIpc) is 2.74. The van der Waals surface area contributed by atoms with Gasteiger partial charge in [-0.2, -0.15) is 0 Å². The first-order chi connectivity index (χ1) is 14.1. The Balaban J connectivity index is 1.39. The molecular formula is C21H21BrN6O. The number of hydrogen-bond acceptors (Lipinski definition) is 6. The minimum Gasteiger partial charge on any atom is -0.353 e. The molecule has 3 heterocycles. The highest BCUT2D eigenvalue weighted by atomic mass is 79.9. The lowest BCUT2D eigenvalue weighted by Gasteiger charge is -2.35. The number of rotatable bonds is 4. The van der Waals surface area contributed by atoms with Crippen LogP contribution in [0.1, 0.15) is 15.9 Å². The van der Waals surface area contributed by atoms with Crippen molar-refractivity contribution in [3.8, 4) is 0 Å². The van der Waals surface area contributed by atoms with E-state index < -0.39 is 0 Å². The SMILES string of the molecule is Cc1ccnc(Nc2cc(N3CCN(C(=O)c4ccc(Br)cc4)CC3)ncn2)c1. The number of halogens is 1. The van der Waals surface area contributed by atoms with E-state index in [1.54, 1.807) is 12.5 Å². The number of aromatic nitrogens is 3. The van der Waals surface area contributed by atoms with Gasteiger partial charge in [0.2, 0.25) is 0 Å². The fraction of sp³-hybridized carbons (Fsp3) is 0.238. The molecule has 1 aliphatic rings. The zero-order chi connectivity index (χ0) is 20.2. The molecule has 0 radical (unpaired) electrons. The second kappa shape index (κ2) is 8.57. The molecule has 29 heavy (non-hydrogen) atoms. The molecule has 148 valence electrons. The number of carbonyl (C=O) groups is 1. The minimum absolute atomic E-state index is 0.0627. The van der Waals surface area contributed by atoms with Crippen molar-refractivity contribution in [2.24, 2.45) is 0 Å². The number of carbonyl (C=O) groups excluding carboxylic acids is 1. The van der Waals surface area contributed by atoms with Crippen molar-refractivity contribution in [3.05, 3.63) is 70.6 Å². The number of pyridine rings is 1. The average molecular weight is 453 g/mol. The quantitative estimate of drug-likeness (QED) is 0.650. The number of nitrogens with one attached hydrogen (secondary N) is 1. The highest BCUT2D eigenvalue weighted by Gasteiger charge is 2.23. The normalized spacial score (nSPS) is 14.0. The van der Waals surface area contributed by atoms with Gasteiger partial charge in [-0.25, -0.2) is 15.0 Å². The monoisotopic (exact) mass is 452 g/mol. The fourth-order valence-corrected chi connectivity index (χ4v) is 3.50. The molecule has 0 spiro atoms. The fourth-order valence-electron chi connectivity index (χ4n) is 3.24. The number of nitrogens with zero attached hydrogens (tertiary/aromatic N) is 5. The lowest BCUT2D eigenvalue weighted by Crippen LogP contribution is -2.49. The molecule has 7 nitrogen and oxygen atoms in total. The maximum Gasteiger partial charge on any atom is 0.253 e. The maximum absolute atomic E-state index is 12.7. The van der Waals surface area contributed by atoms with Crippen LogP contribution < -0.4 is 10.2 Å². The van der Waals surface area contributed by atoms with Crippen LogP contribution in [0.15, 0.2) is 59.5 Å². The van der Waals surface area contributed by atoms with Crippen molar-refractivity contribution in [1.82, 2.24) is 19.9 Å². The third kappa shape index (κ3) is 4.71. The summed E-state index contributed by atoms with van der Waals surface area (Å²) in [4.78, 5) is 29.7. The summed E-state index contributed by atoms with van der Waals surface area (Å²) >= 11 is 3.40. The summed E-state index contributed by atoms with van der Waals surface area (Å²) in [5.74, 6) is 2.35. The summed E-state index contributed by atoms with van der Waals surface area (Å²) in [6.07, 6.45) is 3.31. The third-order valence-electron chi connectivity index (χ3n) is 4.81. The van der Waals surface area contributed by atoms with Gasteiger partial charge < -0.3 is 15.1 Å². The molecule has 0 saturated carbocycles. The Labute approximate surface area is 177 Å². The van der Waals surface area contributed by atoms with Crippen LogP contribution in [-0.4, -0.2) is 51.9 Å². The molecule has 1 amide bonds. The maximum atomic E-state index is 12.7. The molecule has 3 aromatic rings. The van der Waals surface area contributed by atoms with Gasteiger partial charge in [-0.1, -0.05) is 15.9 Å². The summed E-state index contributed by atoms with van der Waals surface area (Å²) in [6, 6.07) is 13.3. The summed E-state index contributed by atoms with van der Waals surface area (Å²) in [7, 11) is 0. The van der Waals surface area contributed by atoms with Crippen molar-refractivity contribution < 1.29 is 4.79 Å². The first-order valence-electron chi connectivity index (χ1n) is 9.40. The number of anilines is 3. The first-order valence-corrected chi connectivity index (χ1v) is 10.2. The van der Waals surface area contributed by atoms with Crippen molar-refractivity contribution in [1.29, 1.82) is 0 Å². The lowest BCUT2D eigenvalue weighted by atomic mass is 10.2. The molecule has 1 aromatic carbocycles. The summed E-state index contributed by atoms with van der Waals surface area (Å²) in [5.41, 5.74) is 1.84. The van der Waals surface area contributed by atoms with Crippen LogP contribution in [-0.2, 0) is 0 Å². The van der Waals surface area contributed by atoms with E-state index in [4.69, 9.17) is 0 Å². The summed E-state index contributed by atoms with van der Waals surface area (Å²) in [5, 5.41) is 3.22. The Morgan fingerprint density at radius 1 is 0.966 bits per heavy atom. The zero-order valence-corrected chi connectivity index (χ0v) is 17.6. The lowest BCUT2D eigenvalue weighted by molar-refractivity contribution is 0.0746. The van der Waals surface area contributed by atoms with Gasteiger partial charge in [-0.3, -0.25) is 4.79 Å². The van der Waals surface area contributed by atoms with E-state index in [1.165, 1.54) is 0 Å². The molecule has 0 aliphatic carbocycles. The molecule has 1 aliphatic heterocycles. The second-order valence-electron chi connectivity index (χ2n) is 6.89. The number of amides is 1. The Morgan fingerprint density at radius 3 is 2.41 bits per heavy atom. The first kappa shape index (κ1) is 19.3. The molecule has 8 heteroatoms. The van der Waals surface area contributed by atoms with E-state index in [0.717, 1.165) is 34.8 Å². The van der Waals surface area contributed by atoms with Crippen LogP contribution >= 0.6 is 15.9 Å². The Morgan fingerprint density at radius 2 is 1.69 bits per heavy atom. The highest BCUT2D eigenvalue weighted by Crippen LogP contribution is 2.20. The molecule has 1 saturated heterocycles. The number of piperazine rings is 1. The molecule has 0 bridgehead atoms. The highest BCUT2D eigenvalue weighted by molar-refractivity contribution is 9.10. The van der Waals surface area contributed by atoms with Gasteiger partial charge in [0, 0.05) is 48.5 Å². The Kier molecular flexibility index (Phi) is 5.71. The van der Waals surface area contributed by atoms with Crippen molar-refractivity contribution >= 4 is 39.3 Å². The van der Waals surface area contributed by atoms with E-state index >= 15 is 0 Å². The van der Waals surface area contributed by atoms with Crippen LogP contribution in [0.5, 0.6) is 0 Å². The van der Waals surface area contributed by atoms with Crippen LogP contribution in [0, 0.1) is 6.92 Å². The largest absolute Gasteiger partial charge is 0.353 e. The number of aryl methyl sites for hydroxylation is 1. The third-order valence-corrected chi connectivity index (χ3v) is 5.33. The molecule has 0 unspecified atom stereocenters. The summed E-state index contributed by atoms with van der Waals surface area (Å²) < 4.78 is 0.966. The minimum atomic E-state index is 0.0627. The van der Waals surface area contributed by atoms with Crippen molar-refractivity contribution in [3.63, 3.8) is 0 Å². The van der Waals surface area contributed by atoms with Gasteiger partial charge in [0.05, 0.1) is 0 Å². The van der Waals surface area contributed by atoms with Crippen LogP contribution in [0.2, 0.25) is 0 Å². The van der Waals surface area contributed by atoms with Gasteiger partial charge >= 0.3 is 0 Å². The molecule has 2 aromatic heterocycles. The van der Waals surface area contributed by atoms with E-state index in [-0.39, 0.29) is 5.91 Å². The van der Waals surface area contributed by atoms with Crippen molar-refractivity contribution in [2.45, 2.75) is 6.92 Å². The topological polar surface area (TPSA) is 74.2 Å². The predicted molar refractivity (Wildman–Crippen MR) is 117 cm³/mol. The predicted octanol–water partition coefficient (Wildman–Crippen LogP) is 3.65. The molecular weight excluding hydrogens is 432 g/mol. The van der Waals surface area contributed by atoms with Gasteiger partial charge in [-0.05, 0) is 48.9 Å². The Hall–Kier alpha value is -3.00. The van der Waals surface area contributed by atoms with Crippen molar-refractivity contribution in [2.75, 3.05) is 36.4 Å². The number of hydrogen-bond donors (Lipinski definition) is 1. The second-order valence-corrected chi connectivity index (χ2v) is 7.81. The van der Waals surface area contributed by atoms with Gasteiger partial charge in [-0.15, -0.1) is 0 Å². The summed E-state index contributed by atoms with van der Waals surface area (Å²) in [6.45, 7) is 4.78. The van der Waals surface area contributed by atoms with Crippen LogP contribution in [0.4, 0.5) is 17.5 Å². The molecule has 0 atom stereocenters. The smallest absolute Gasteiger partial charge is 0.253 e. The molecule has 1 N–H and O–H groups in total. The molecule has 4 rings (SSSR count). The standard InChI is InChI=1S/C21H21BrN6O/c1-15-6-7-23-18(12-15)26-19-13-20(25-14-24-19)27-8-10-28(11-9-27)21(29)16-2-4-17(22)5-3-16/h2-7,12-14H,8-11H2,1H3,(H,23,24,25,26). The van der Waals surface area contributed by atoms with E-state index in [0.29, 0.717) is 24.5 Å². The van der Waals surface area contributed by atoms with Crippen LogP contribution in [0.3, 0.4) is 0 Å². The Bertz CT molecular complexity index is 1000. The van der Waals surface area contributed by atoms with Gasteiger partial charge in [0.1, 0.15) is 23.8 Å². The van der Waals surface area contributed by atoms with E-state index in [2.05, 4.69) is 41.1 Å².